The number of hydrogen-bond acceptors (Lipinski definition) is 3. The molecule has 0 bridgehead atoms. The van der Waals surface area contributed by atoms with Crippen LogP contribution in [0.4, 0.5) is 8.78 Å². The zero-order valence-corrected chi connectivity index (χ0v) is 11.7. The summed E-state index contributed by atoms with van der Waals surface area (Å²) >= 11 is 0. The zero-order chi connectivity index (χ0) is 14.7. The van der Waals surface area contributed by atoms with Crippen LogP contribution in [0.5, 0.6) is 0 Å². The Hall–Kier alpha value is -1.33. The van der Waals surface area contributed by atoms with E-state index in [9.17, 15) is 13.6 Å². The van der Waals surface area contributed by atoms with E-state index in [1.165, 1.54) is 6.07 Å². The highest BCUT2D eigenvalue weighted by molar-refractivity contribution is 5.98. The molecule has 1 aliphatic rings. The molecule has 5 heteroatoms. The number of ether oxygens (including phenoxy) is 1. The van der Waals surface area contributed by atoms with Gasteiger partial charge in [0.15, 0.2) is 5.78 Å². The highest BCUT2D eigenvalue weighted by atomic mass is 19.1. The highest BCUT2D eigenvalue weighted by Gasteiger charge is 2.28. The molecule has 3 nitrogen and oxygen atoms in total. The first-order valence-electron chi connectivity index (χ1n) is 6.75. The first-order valence-corrected chi connectivity index (χ1v) is 6.75. The molecule has 0 saturated carbocycles. The molecule has 0 amide bonds. The van der Waals surface area contributed by atoms with Gasteiger partial charge in [-0.1, -0.05) is 13.0 Å². The summed E-state index contributed by atoms with van der Waals surface area (Å²) < 4.78 is 32.5. The van der Waals surface area contributed by atoms with Gasteiger partial charge in [0.25, 0.3) is 0 Å². The summed E-state index contributed by atoms with van der Waals surface area (Å²) in [5, 5.41) is 0. The largest absolute Gasteiger partial charge is 0.380 e. The van der Waals surface area contributed by atoms with Gasteiger partial charge in [-0.05, 0) is 31.0 Å². The normalized spacial score (nSPS) is 23.8. The second-order valence-corrected chi connectivity index (χ2v) is 5.30. The Morgan fingerprint density at radius 1 is 1.40 bits per heavy atom. The lowest BCUT2D eigenvalue weighted by Gasteiger charge is -2.35. The van der Waals surface area contributed by atoms with Crippen molar-refractivity contribution >= 4 is 5.78 Å². The van der Waals surface area contributed by atoms with Crippen molar-refractivity contribution in [1.29, 1.82) is 0 Å². The molecule has 20 heavy (non-hydrogen) atoms. The van der Waals surface area contributed by atoms with E-state index in [2.05, 4.69) is 6.92 Å². The van der Waals surface area contributed by atoms with Gasteiger partial charge in [-0.25, -0.2) is 8.78 Å². The molecular weight excluding hydrogens is 264 g/mol. The quantitative estimate of drug-likeness (QED) is 0.795. The maximum atomic E-state index is 13.6. The summed E-state index contributed by atoms with van der Waals surface area (Å²) in [6.45, 7) is 3.47. The lowest BCUT2D eigenvalue weighted by molar-refractivity contribution is -0.00331. The van der Waals surface area contributed by atoms with Gasteiger partial charge >= 0.3 is 0 Å². The minimum absolute atomic E-state index is 0.0183. The number of nitrogens with zero attached hydrogens (tertiary/aromatic N) is 1. The SMILES string of the molecule is COC1CN(CC(=O)c2c(F)cccc2F)CCC1C. The molecule has 1 aromatic carbocycles. The number of Topliss-reactive ketones (excluding diaryl/α,β-unsaturated/α-hetero) is 1. The van der Waals surface area contributed by atoms with E-state index in [-0.39, 0.29) is 12.6 Å². The van der Waals surface area contributed by atoms with Crippen molar-refractivity contribution in [3.8, 4) is 0 Å². The van der Waals surface area contributed by atoms with Gasteiger partial charge in [0.05, 0.1) is 18.2 Å². The Labute approximate surface area is 117 Å². The maximum absolute atomic E-state index is 13.6. The minimum Gasteiger partial charge on any atom is -0.380 e. The van der Waals surface area contributed by atoms with Crippen LogP contribution in [0.2, 0.25) is 0 Å². The Bertz CT molecular complexity index is 473. The van der Waals surface area contributed by atoms with E-state index in [4.69, 9.17) is 4.74 Å². The molecule has 0 N–H and O–H groups in total. The van der Waals surface area contributed by atoms with Crippen molar-refractivity contribution in [3.05, 3.63) is 35.4 Å². The first kappa shape index (κ1) is 15.1. The summed E-state index contributed by atoms with van der Waals surface area (Å²) in [7, 11) is 1.64. The minimum atomic E-state index is -0.802. The molecule has 0 spiro atoms. The van der Waals surface area contributed by atoms with E-state index in [0.29, 0.717) is 12.5 Å². The molecule has 1 aromatic rings. The van der Waals surface area contributed by atoms with Crippen molar-refractivity contribution in [2.45, 2.75) is 19.4 Å². The average Bonchev–Trinajstić information content (AvgIpc) is 2.40. The number of halogens is 2. The number of likely N-dealkylation sites (tertiary alicyclic amines) is 1. The third-order valence-electron chi connectivity index (χ3n) is 3.89. The molecular formula is C15H19F2NO2. The molecule has 0 radical (unpaired) electrons. The van der Waals surface area contributed by atoms with Crippen LogP contribution in [0.1, 0.15) is 23.7 Å². The van der Waals surface area contributed by atoms with Crippen LogP contribution < -0.4 is 0 Å². The number of rotatable bonds is 4. The smallest absolute Gasteiger partial charge is 0.182 e. The highest BCUT2D eigenvalue weighted by Crippen LogP contribution is 2.20. The monoisotopic (exact) mass is 283 g/mol. The molecule has 2 unspecified atom stereocenters. The topological polar surface area (TPSA) is 29.5 Å². The maximum Gasteiger partial charge on any atom is 0.182 e. The van der Waals surface area contributed by atoms with Gasteiger partial charge in [-0.15, -0.1) is 0 Å². The predicted molar refractivity (Wildman–Crippen MR) is 71.7 cm³/mol. The summed E-state index contributed by atoms with van der Waals surface area (Å²) in [5.41, 5.74) is -0.444. The Balaban J connectivity index is 2.05. The third-order valence-corrected chi connectivity index (χ3v) is 3.89. The fourth-order valence-electron chi connectivity index (χ4n) is 2.59. The van der Waals surface area contributed by atoms with Gasteiger partial charge in [0.1, 0.15) is 11.6 Å². The average molecular weight is 283 g/mol. The third kappa shape index (κ3) is 3.22. The number of hydrogen-bond donors (Lipinski definition) is 0. The van der Waals surface area contributed by atoms with Crippen molar-refractivity contribution in [1.82, 2.24) is 4.90 Å². The molecule has 2 rings (SSSR count). The number of benzene rings is 1. The Morgan fingerprint density at radius 3 is 2.65 bits per heavy atom. The number of piperidine rings is 1. The summed E-state index contributed by atoms with van der Waals surface area (Å²) in [6, 6.07) is 3.46. The zero-order valence-electron chi connectivity index (χ0n) is 11.7. The van der Waals surface area contributed by atoms with E-state index in [1.54, 1.807) is 7.11 Å². The van der Waals surface area contributed by atoms with Crippen molar-refractivity contribution in [3.63, 3.8) is 0 Å². The van der Waals surface area contributed by atoms with E-state index < -0.39 is 23.0 Å². The number of carbonyl (C=O) groups excluding carboxylic acids is 1. The summed E-state index contributed by atoms with van der Waals surface area (Å²) in [5.74, 6) is -1.70. The van der Waals surface area contributed by atoms with Crippen LogP contribution in [0.25, 0.3) is 0 Å². The van der Waals surface area contributed by atoms with E-state index in [0.717, 1.165) is 25.1 Å². The van der Waals surface area contributed by atoms with Crippen molar-refractivity contribution in [2.24, 2.45) is 5.92 Å². The van der Waals surface area contributed by atoms with Gasteiger partial charge in [-0.3, -0.25) is 9.69 Å². The second kappa shape index (κ2) is 6.41. The standard InChI is InChI=1S/C15H19F2NO2/c1-10-6-7-18(9-14(10)20-2)8-13(19)15-11(16)4-3-5-12(15)17/h3-5,10,14H,6-9H2,1-2H3. The molecule has 0 aliphatic carbocycles. The predicted octanol–water partition coefficient (Wildman–Crippen LogP) is 2.50. The van der Waals surface area contributed by atoms with E-state index in [1.807, 2.05) is 4.90 Å². The van der Waals surface area contributed by atoms with Crippen LogP contribution in [0.3, 0.4) is 0 Å². The Morgan fingerprint density at radius 2 is 2.05 bits per heavy atom. The first-order chi connectivity index (χ1) is 9.52. The van der Waals surface area contributed by atoms with Crippen LogP contribution in [0.15, 0.2) is 18.2 Å². The fraction of sp³-hybridized carbons (Fsp3) is 0.533. The number of ketones is 1. The van der Waals surface area contributed by atoms with E-state index >= 15 is 0 Å². The Kier molecular flexibility index (Phi) is 4.83. The van der Waals surface area contributed by atoms with Gasteiger partial charge in [0.2, 0.25) is 0 Å². The molecule has 1 fully saturated rings. The lowest BCUT2D eigenvalue weighted by atomic mass is 9.95. The van der Waals surface area contributed by atoms with Crippen LogP contribution in [-0.2, 0) is 4.74 Å². The lowest BCUT2D eigenvalue weighted by Crippen LogP contribution is -2.45. The summed E-state index contributed by atoms with van der Waals surface area (Å²) in [4.78, 5) is 14.0. The molecule has 1 heterocycles. The fourth-order valence-corrected chi connectivity index (χ4v) is 2.59. The number of carbonyl (C=O) groups is 1. The van der Waals surface area contributed by atoms with Crippen LogP contribution >= 0.6 is 0 Å². The summed E-state index contributed by atoms with van der Waals surface area (Å²) in [6.07, 6.45) is 0.966. The van der Waals surface area contributed by atoms with Crippen molar-refractivity contribution in [2.75, 3.05) is 26.7 Å². The van der Waals surface area contributed by atoms with Crippen LogP contribution in [0, 0.1) is 17.6 Å². The molecule has 2 atom stereocenters. The number of methoxy groups -OCH3 is 1. The van der Waals surface area contributed by atoms with Crippen molar-refractivity contribution < 1.29 is 18.3 Å². The molecule has 1 aliphatic heterocycles. The van der Waals surface area contributed by atoms with Gasteiger partial charge in [-0.2, -0.15) is 0 Å². The molecule has 0 aromatic heterocycles. The van der Waals surface area contributed by atoms with Gasteiger partial charge in [0, 0.05) is 13.7 Å². The molecule has 1 saturated heterocycles. The van der Waals surface area contributed by atoms with Gasteiger partial charge < -0.3 is 4.74 Å². The van der Waals surface area contributed by atoms with Crippen LogP contribution in [-0.4, -0.2) is 43.5 Å². The molecule has 110 valence electrons. The second-order valence-electron chi connectivity index (χ2n) is 5.30.